The molecule has 1 aromatic rings. The molecule has 21 heavy (non-hydrogen) atoms. The topological polar surface area (TPSA) is 39.7 Å². The summed E-state index contributed by atoms with van der Waals surface area (Å²) in [6.07, 6.45) is 2.40. The fraction of sp³-hybridized carbons (Fsp3) is 0.625. The molecule has 3 unspecified atom stereocenters. The van der Waals surface area contributed by atoms with E-state index in [2.05, 4.69) is 34.2 Å². The van der Waals surface area contributed by atoms with Crippen LogP contribution >= 0.6 is 15.9 Å². The van der Waals surface area contributed by atoms with Gasteiger partial charge in [-0.2, -0.15) is 0 Å². The first-order chi connectivity index (χ1) is 10.2. The van der Waals surface area contributed by atoms with Crippen LogP contribution in [0.15, 0.2) is 16.6 Å². The van der Waals surface area contributed by atoms with Crippen molar-refractivity contribution in [3.8, 4) is 11.5 Å². The highest BCUT2D eigenvalue weighted by Gasteiger charge is 2.35. The fourth-order valence-corrected chi connectivity index (χ4v) is 3.91. The van der Waals surface area contributed by atoms with Crippen molar-refractivity contribution >= 4 is 15.9 Å². The van der Waals surface area contributed by atoms with E-state index in [1.165, 1.54) is 0 Å². The number of halogens is 1. The highest BCUT2D eigenvalue weighted by Crippen LogP contribution is 2.44. The van der Waals surface area contributed by atoms with Crippen LogP contribution in [0.2, 0.25) is 0 Å². The summed E-state index contributed by atoms with van der Waals surface area (Å²) in [5, 5.41) is 3.44. The Morgan fingerprint density at radius 3 is 2.71 bits per heavy atom. The van der Waals surface area contributed by atoms with Crippen LogP contribution in [0.3, 0.4) is 0 Å². The van der Waals surface area contributed by atoms with Crippen molar-refractivity contribution in [3.63, 3.8) is 0 Å². The lowest BCUT2D eigenvalue weighted by atomic mass is 9.86. The van der Waals surface area contributed by atoms with Gasteiger partial charge < -0.3 is 19.5 Å². The Labute approximate surface area is 135 Å². The van der Waals surface area contributed by atoms with Crippen LogP contribution in [0.4, 0.5) is 0 Å². The van der Waals surface area contributed by atoms with Crippen LogP contribution in [-0.4, -0.2) is 34.0 Å². The third-order valence-corrected chi connectivity index (χ3v) is 5.00. The molecule has 1 aromatic carbocycles. The summed E-state index contributed by atoms with van der Waals surface area (Å²) in [6.45, 7) is 3.01. The van der Waals surface area contributed by atoms with Crippen molar-refractivity contribution in [1.29, 1.82) is 0 Å². The predicted octanol–water partition coefficient (Wildman–Crippen LogP) is 3.54. The highest BCUT2D eigenvalue weighted by molar-refractivity contribution is 9.10. The zero-order valence-corrected chi connectivity index (χ0v) is 14.7. The van der Waals surface area contributed by atoms with Gasteiger partial charge in [0.25, 0.3) is 0 Å². The van der Waals surface area contributed by atoms with E-state index in [1.54, 1.807) is 14.2 Å². The molecule has 0 aromatic heterocycles. The van der Waals surface area contributed by atoms with Crippen LogP contribution in [0, 0.1) is 5.92 Å². The van der Waals surface area contributed by atoms with Crippen molar-refractivity contribution in [2.24, 2.45) is 5.92 Å². The summed E-state index contributed by atoms with van der Waals surface area (Å²) in [4.78, 5) is 0. The molecule has 118 valence electrons. The van der Waals surface area contributed by atoms with E-state index < -0.39 is 0 Å². The van der Waals surface area contributed by atoms with E-state index in [0.717, 1.165) is 41.0 Å². The molecule has 0 amide bonds. The number of methoxy groups -OCH3 is 2. The van der Waals surface area contributed by atoms with Crippen LogP contribution < -0.4 is 14.8 Å². The Balaban J connectivity index is 2.40. The quantitative estimate of drug-likeness (QED) is 0.844. The van der Waals surface area contributed by atoms with Crippen molar-refractivity contribution < 1.29 is 14.2 Å². The highest BCUT2D eigenvalue weighted by atomic mass is 79.9. The standard InChI is InChI=1S/C16H24BrNO3/c1-5-12-10(8-9-21-12)15(18-2)11-6-7-13(19-3)14(17)16(11)20-4/h6-7,10,12,15,18H,5,8-9H2,1-4H3. The maximum atomic E-state index is 5.85. The van der Waals surface area contributed by atoms with E-state index in [4.69, 9.17) is 14.2 Å². The second kappa shape index (κ2) is 7.47. The molecule has 1 aliphatic rings. The van der Waals surface area contributed by atoms with E-state index in [9.17, 15) is 0 Å². The van der Waals surface area contributed by atoms with Gasteiger partial charge in [-0.15, -0.1) is 0 Å². The second-order valence-corrected chi connectivity index (χ2v) is 6.03. The van der Waals surface area contributed by atoms with E-state index in [0.29, 0.717) is 12.0 Å². The second-order valence-electron chi connectivity index (χ2n) is 5.24. The number of hydrogen-bond acceptors (Lipinski definition) is 4. The predicted molar refractivity (Wildman–Crippen MR) is 87.2 cm³/mol. The summed E-state index contributed by atoms with van der Waals surface area (Å²) >= 11 is 3.58. The molecule has 0 bridgehead atoms. The molecule has 1 heterocycles. The Kier molecular flexibility index (Phi) is 5.90. The van der Waals surface area contributed by atoms with E-state index in [1.807, 2.05) is 13.1 Å². The minimum absolute atomic E-state index is 0.203. The molecule has 1 N–H and O–H groups in total. The summed E-state index contributed by atoms with van der Waals surface area (Å²) in [6, 6.07) is 4.26. The lowest BCUT2D eigenvalue weighted by Gasteiger charge is -2.29. The van der Waals surface area contributed by atoms with Crippen molar-refractivity contribution in [3.05, 3.63) is 22.2 Å². The third-order valence-electron chi connectivity index (χ3n) is 4.25. The SMILES string of the molecule is CCC1OCCC1C(NC)c1ccc(OC)c(Br)c1OC. The molecule has 0 spiro atoms. The van der Waals surface area contributed by atoms with Gasteiger partial charge in [0, 0.05) is 24.1 Å². The molecule has 1 saturated heterocycles. The lowest BCUT2D eigenvalue weighted by Crippen LogP contribution is -2.31. The fourth-order valence-electron chi connectivity index (χ4n) is 3.23. The minimum atomic E-state index is 0.203. The van der Waals surface area contributed by atoms with Gasteiger partial charge in [0.05, 0.1) is 20.3 Å². The van der Waals surface area contributed by atoms with Gasteiger partial charge in [-0.1, -0.05) is 6.92 Å². The summed E-state index contributed by atoms with van der Waals surface area (Å²) in [5.41, 5.74) is 1.14. The monoisotopic (exact) mass is 357 g/mol. The summed E-state index contributed by atoms with van der Waals surface area (Å²) in [7, 11) is 5.35. The first kappa shape index (κ1) is 16.6. The van der Waals surface area contributed by atoms with E-state index in [-0.39, 0.29) is 6.04 Å². The molecule has 5 heteroatoms. The third kappa shape index (κ3) is 3.20. The maximum Gasteiger partial charge on any atom is 0.141 e. The molecule has 3 atom stereocenters. The molecule has 0 saturated carbocycles. The number of nitrogens with one attached hydrogen (secondary N) is 1. The average molecular weight is 358 g/mol. The first-order valence-corrected chi connectivity index (χ1v) is 8.16. The maximum absolute atomic E-state index is 5.85. The largest absolute Gasteiger partial charge is 0.495 e. The molecule has 0 radical (unpaired) electrons. The van der Waals surface area contributed by atoms with Crippen LogP contribution in [0.5, 0.6) is 11.5 Å². The molecule has 1 fully saturated rings. The Morgan fingerprint density at radius 1 is 1.38 bits per heavy atom. The normalized spacial score (nSPS) is 23.1. The first-order valence-electron chi connectivity index (χ1n) is 7.37. The van der Waals surface area contributed by atoms with Gasteiger partial charge in [-0.25, -0.2) is 0 Å². The van der Waals surface area contributed by atoms with Crippen LogP contribution in [0.25, 0.3) is 0 Å². The number of ether oxygens (including phenoxy) is 3. The van der Waals surface area contributed by atoms with Gasteiger partial charge in [-0.3, -0.25) is 0 Å². The molecule has 0 aliphatic carbocycles. The van der Waals surface area contributed by atoms with E-state index >= 15 is 0 Å². The lowest BCUT2D eigenvalue weighted by molar-refractivity contribution is 0.0779. The van der Waals surface area contributed by atoms with Crippen LogP contribution in [-0.2, 0) is 4.74 Å². The smallest absolute Gasteiger partial charge is 0.141 e. The van der Waals surface area contributed by atoms with Gasteiger partial charge >= 0.3 is 0 Å². The Bertz CT molecular complexity index is 481. The van der Waals surface area contributed by atoms with Crippen molar-refractivity contribution in [2.75, 3.05) is 27.9 Å². The molecule has 2 rings (SSSR count). The minimum Gasteiger partial charge on any atom is -0.495 e. The van der Waals surface area contributed by atoms with Gasteiger partial charge in [0.15, 0.2) is 0 Å². The van der Waals surface area contributed by atoms with Gasteiger partial charge in [0.1, 0.15) is 16.0 Å². The Morgan fingerprint density at radius 2 is 2.14 bits per heavy atom. The number of rotatable bonds is 6. The van der Waals surface area contributed by atoms with Gasteiger partial charge in [-0.05, 0) is 48.0 Å². The van der Waals surface area contributed by atoms with Gasteiger partial charge in [0.2, 0.25) is 0 Å². The molecular formula is C16H24BrNO3. The zero-order chi connectivity index (χ0) is 15.4. The molecule has 4 nitrogen and oxygen atoms in total. The molecule has 1 aliphatic heterocycles. The number of benzene rings is 1. The van der Waals surface area contributed by atoms with Crippen molar-refractivity contribution in [2.45, 2.75) is 31.9 Å². The average Bonchev–Trinajstić information content (AvgIpc) is 2.97. The van der Waals surface area contributed by atoms with Crippen molar-refractivity contribution in [1.82, 2.24) is 5.32 Å². The summed E-state index contributed by atoms with van der Waals surface area (Å²) < 4.78 is 17.7. The van der Waals surface area contributed by atoms with Crippen LogP contribution in [0.1, 0.15) is 31.4 Å². The number of hydrogen-bond donors (Lipinski definition) is 1. The summed E-state index contributed by atoms with van der Waals surface area (Å²) in [5.74, 6) is 2.06. The Hall–Kier alpha value is -0.780. The zero-order valence-electron chi connectivity index (χ0n) is 13.1. The molecular weight excluding hydrogens is 334 g/mol.